The van der Waals surface area contributed by atoms with Crippen LogP contribution in [-0.2, 0) is 33.3 Å². The molecule has 3 atom stereocenters. The Morgan fingerprint density at radius 3 is 1.82 bits per heavy atom. The molecule has 1 aliphatic rings. The number of pyridine rings is 2. The summed E-state index contributed by atoms with van der Waals surface area (Å²) in [4.78, 5) is 58.0. The number of ketones is 4. The number of nitrogens with one attached hydrogen (secondary N) is 1. The molecule has 1 fully saturated rings. The van der Waals surface area contributed by atoms with Gasteiger partial charge in [0.1, 0.15) is 29.7 Å². The molecule has 0 aromatic carbocycles. The van der Waals surface area contributed by atoms with Gasteiger partial charge in [0.05, 0.1) is 56.6 Å². The molecule has 0 spiro atoms. The molecule has 1 saturated heterocycles. The summed E-state index contributed by atoms with van der Waals surface area (Å²) in [6.45, 7) is 14.3. The van der Waals surface area contributed by atoms with Crippen LogP contribution in [0.2, 0.25) is 0 Å². The third-order valence-electron chi connectivity index (χ3n) is 8.78. The van der Waals surface area contributed by atoms with Crippen molar-refractivity contribution in [1.82, 2.24) is 15.3 Å². The van der Waals surface area contributed by atoms with Crippen molar-refractivity contribution in [3.8, 4) is 11.3 Å². The van der Waals surface area contributed by atoms with Crippen LogP contribution in [-0.4, -0.2) is 84.5 Å². The standard InChI is InChI=1S/C38H55N3O8.H2/c1-8-27(7)35(45)16-19-48-24-38(22-46-17-14-33(43)25(3)4,23-47-18-15-34(44)26(5)6)41-37-36(49-37)31-13-10-28(20-40-31)30-12-11-29(21-39-30)32(42)9-2;/h10-13,20-21,25-27,36-37,41H,8-9,14-19,22-24H2,1-7H3;1H. The predicted octanol–water partition coefficient (Wildman–Crippen LogP) is 5.99. The van der Waals surface area contributed by atoms with E-state index in [4.69, 9.17) is 18.9 Å². The monoisotopic (exact) mass is 683 g/mol. The van der Waals surface area contributed by atoms with Gasteiger partial charge in [-0.3, -0.25) is 34.5 Å². The Labute approximate surface area is 292 Å². The van der Waals surface area contributed by atoms with Gasteiger partial charge in [-0.15, -0.1) is 0 Å². The average Bonchev–Trinajstić information content (AvgIpc) is 3.87. The minimum Gasteiger partial charge on any atom is -0.379 e. The van der Waals surface area contributed by atoms with E-state index in [9.17, 15) is 19.2 Å². The number of carbonyl (C=O) groups excluding carboxylic acids is 4. The van der Waals surface area contributed by atoms with Gasteiger partial charge in [-0.1, -0.05) is 48.5 Å². The Hall–Kier alpha value is -3.22. The highest BCUT2D eigenvalue weighted by molar-refractivity contribution is 5.95. The normalized spacial score (nSPS) is 16.6. The number of nitrogens with zero attached hydrogens (tertiary/aromatic N) is 2. The maximum atomic E-state index is 12.5. The summed E-state index contributed by atoms with van der Waals surface area (Å²) in [5.74, 6) is 0.217. The first-order valence-electron chi connectivity index (χ1n) is 17.6. The molecule has 2 aromatic heterocycles. The van der Waals surface area contributed by atoms with E-state index >= 15 is 0 Å². The molecule has 0 saturated carbocycles. The van der Waals surface area contributed by atoms with Crippen LogP contribution in [0.4, 0.5) is 0 Å². The lowest BCUT2D eigenvalue weighted by Gasteiger charge is -2.34. The highest BCUT2D eigenvalue weighted by Crippen LogP contribution is 2.37. The Morgan fingerprint density at radius 1 is 0.796 bits per heavy atom. The summed E-state index contributed by atoms with van der Waals surface area (Å²) in [6, 6.07) is 7.38. The van der Waals surface area contributed by atoms with E-state index in [2.05, 4.69) is 15.3 Å². The van der Waals surface area contributed by atoms with Crippen LogP contribution >= 0.6 is 0 Å². The van der Waals surface area contributed by atoms with E-state index in [1.165, 1.54) is 0 Å². The van der Waals surface area contributed by atoms with E-state index in [0.29, 0.717) is 24.1 Å². The molecule has 49 heavy (non-hydrogen) atoms. The molecule has 3 rings (SSSR count). The number of epoxide rings is 1. The lowest BCUT2D eigenvalue weighted by Crippen LogP contribution is -2.58. The van der Waals surface area contributed by atoms with E-state index in [1.807, 2.05) is 66.7 Å². The highest BCUT2D eigenvalue weighted by Gasteiger charge is 2.47. The zero-order valence-corrected chi connectivity index (χ0v) is 30.3. The largest absolute Gasteiger partial charge is 0.379 e. The predicted molar refractivity (Wildman–Crippen MR) is 188 cm³/mol. The topological polar surface area (TPSA) is 146 Å². The fourth-order valence-corrected chi connectivity index (χ4v) is 5.03. The van der Waals surface area contributed by atoms with Gasteiger partial charge in [-0.25, -0.2) is 0 Å². The van der Waals surface area contributed by atoms with E-state index in [0.717, 1.165) is 17.7 Å². The summed E-state index contributed by atoms with van der Waals surface area (Å²) in [5, 5.41) is 3.53. The average molecular weight is 684 g/mol. The SMILES string of the molecule is CCC(=O)c1ccc(-c2ccc(C3OC3NC(COCCC(=O)C(C)C)(COCCC(=O)C(C)C)COCCC(=O)C(C)CC)nc2)nc1.[HH]. The van der Waals surface area contributed by atoms with Crippen LogP contribution in [0, 0.1) is 17.8 Å². The first-order chi connectivity index (χ1) is 23.4. The Morgan fingerprint density at radius 2 is 1.37 bits per heavy atom. The first kappa shape index (κ1) is 40.2. The molecule has 0 radical (unpaired) electrons. The van der Waals surface area contributed by atoms with Gasteiger partial charge in [0.15, 0.2) is 5.78 Å². The maximum absolute atomic E-state index is 12.5. The molecular weight excluding hydrogens is 626 g/mol. The van der Waals surface area contributed by atoms with Crippen molar-refractivity contribution in [2.24, 2.45) is 17.8 Å². The molecule has 2 aromatic rings. The molecule has 11 nitrogen and oxygen atoms in total. The molecular formula is C38H57N3O8. The van der Waals surface area contributed by atoms with E-state index in [1.54, 1.807) is 18.5 Å². The van der Waals surface area contributed by atoms with E-state index < -0.39 is 11.8 Å². The minimum absolute atomic E-state index is 0. The molecule has 1 N–H and O–H groups in total. The van der Waals surface area contributed by atoms with Crippen molar-refractivity contribution in [2.75, 3.05) is 39.6 Å². The second-order valence-electron chi connectivity index (χ2n) is 13.5. The number of Topliss-reactive ketones (excluding diaryl/α,β-unsaturated/α-hetero) is 4. The zero-order valence-electron chi connectivity index (χ0n) is 30.3. The van der Waals surface area contributed by atoms with Crippen molar-refractivity contribution >= 4 is 23.1 Å². The van der Waals surface area contributed by atoms with Crippen LogP contribution in [0.5, 0.6) is 0 Å². The van der Waals surface area contributed by atoms with Crippen molar-refractivity contribution in [3.63, 3.8) is 0 Å². The van der Waals surface area contributed by atoms with Crippen molar-refractivity contribution in [1.29, 1.82) is 0 Å². The number of hydrogen-bond acceptors (Lipinski definition) is 11. The zero-order chi connectivity index (χ0) is 36.0. The molecule has 0 amide bonds. The first-order valence-corrected chi connectivity index (χ1v) is 17.6. The van der Waals surface area contributed by atoms with Gasteiger partial charge in [0.2, 0.25) is 0 Å². The van der Waals surface area contributed by atoms with Gasteiger partial charge in [-0.2, -0.15) is 0 Å². The second-order valence-corrected chi connectivity index (χ2v) is 13.5. The number of aromatic nitrogens is 2. The number of ether oxygens (including phenoxy) is 4. The third kappa shape index (κ3) is 12.9. The van der Waals surface area contributed by atoms with Crippen LogP contribution in [0.1, 0.15) is 104 Å². The number of rotatable bonds is 25. The molecule has 272 valence electrons. The van der Waals surface area contributed by atoms with Gasteiger partial charge >= 0.3 is 0 Å². The van der Waals surface area contributed by atoms with Crippen LogP contribution in [0.15, 0.2) is 36.7 Å². The van der Waals surface area contributed by atoms with Gasteiger partial charge in [0.25, 0.3) is 0 Å². The lowest BCUT2D eigenvalue weighted by atomic mass is 10.0. The molecule has 0 aliphatic carbocycles. The summed E-state index contributed by atoms with van der Waals surface area (Å²) in [6.07, 6.45) is 4.60. The number of carbonyl (C=O) groups is 4. The molecule has 0 bridgehead atoms. The van der Waals surface area contributed by atoms with Gasteiger partial charge in [0, 0.05) is 68.4 Å². The Kier molecular flexibility index (Phi) is 16.3. The van der Waals surface area contributed by atoms with Crippen LogP contribution in [0.3, 0.4) is 0 Å². The van der Waals surface area contributed by atoms with Crippen molar-refractivity contribution < 1.29 is 39.6 Å². The summed E-state index contributed by atoms with van der Waals surface area (Å²) < 4.78 is 24.2. The molecule has 11 heteroatoms. The molecule has 1 aliphatic heterocycles. The van der Waals surface area contributed by atoms with Crippen LogP contribution < -0.4 is 5.32 Å². The van der Waals surface area contributed by atoms with Crippen molar-refractivity contribution in [3.05, 3.63) is 47.9 Å². The highest BCUT2D eigenvalue weighted by atomic mass is 16.6. The third-order valence-corrected chi connectivity index (χ3v) is 8.78. The summed E-state index contributed by atoms with van der Waals surface area (Å²) in [7, 11) is 0. The lowest BCUT2D eigenvalue weighted by molar-refractivity contribution is -0.124. The van der Waals surface area contributed by atoms with E-state index in [-0.39, 0.29) is 101 Å². The minimum atomic E-state index is -0.901. The smallest absolute Gasteiger partial charge is 0.164 e. The fraction of sp³-hybridized carbons (Fsp3) is 0.632. The van der Waals surface area contributed by atoms with Crippen molar-refractivity contribution in [2.45, 2.75) is 98.4 Å². The second kappa shape index (κ2) is 19.8. The summed E-state index contributed by atoms with van der Waals surface area (Å²) in [5.41, 5.74) is 1.92. The maximum Gasteiger partial charge on any atom is 0.164 e. The Balaban J connectivity index is 0.00000867. The van der Waals surface area contributed by atoms with Crippen LogP contribution in [0.25, 0.3) is 11.3 Å². The molecule has 3 unspecified atom stereocenters. The molecule has 3 heterocycles. The quantitative estimate of drug-likeness (QED) is 0.0748. The fourth-order valence-electron chi connectivity index (χ4n) is 5.03. The Bertz CT molecular complexity index is 1340. The number of hydrogen-bond donors (Lipinski definition) is 1. The van der Waals surface area contributed by atoms with Gasteiger partial charge in [-0.05, 0) is 30.7 Å². The van der Waals surface area contributed by atoms with Gasteiger partial charge < -0.3 is 18.9 Å². The summed E-state index contributed by atoms with van der Waals surface area (Å²) >= 11 is 0.